The SMILES string of the molecule is CCC1CN(c2ncc(Br)cc2N)CCS1. The minimum absolute atomic E-state index is 0.707. The van der Waals surface area contributed by atoms with E-state index in [4.69, 9.17) is 5.73 Å². The maximum absolute atomic E-state index is 6.00. The fraction of sp³-hybridized carbons (Fsp3) is 0.545. The lowest BCUT2D eigenvalue weighted by Crippen LogP contribution is -2.38. The summed E-state index contributed by atoms with van der Waals surface area (Å²) in [5.74, 6) is 2.09. The highest BCUT2D eigenvalue weighted by atomic mass is 79.9. The Morgan fingerprint density at radius 2 is 2.50 bits per heavy atom. The maximum atomic E-state index is 6.00. The van der Waals surface area contributed by atoms with Crippen LogP contribution < -0.4 is 10.6 Å². The van der Waals surface area contributed by atoms with E-state index in [2.05, 4.69) is 44.5 Å². The minimum Gasteiger partial charge on any atom is -0.396 e. The van der Waals surface area contributed by atoms with Crippen molar-refractivity contribution in [2.45, 2.75) is 18.6 Å². The van der Waals surface area contributed by atoms with Crippen molar-refractivity contribution in [1.29, 1.82) is 0 Å². The second kappa shape index (κ2) is 5.27. The molecule has 1 fully saturated rings. The highest BCUT2D eigenvalue weighted by molar-refractivity contribution is 9.10. The van der Waals surface area contributed by atoms with Gasteiger partial charge in [0.15, 0.2) is 5.82 Å². The molecule has 5 heteroatoms. The lowest BCUT2D eigenvalue weighted by molar-refractivity contribution is 0.721. The second-order valence-electron chi connectivity index (χ2n) is 3.91. The van der Waals surface area contributed by atoms with Crippen molar-refractivity contribution in [2.24, 2.45) is 0 Å². The quantitative estimate of drug-likeness (QED) is 0.912. The van der Waals surface area contributed by atoms with Crippen LogP contribution in [0.1, 0.15) is 13.3 Å². The molecule has 1 aromatic rings. The van der Waals surface area contributed by atoms with Gasteiger partial charge in [0.2, 0.25) is 0 Å². The largest absolute Gasteiger partial charge is 0.396 e. The Hall–Kier alpha value is -0.420. The van der Waals surface area contributed by atoms with Gasteiger partial charge < -0.3 is 10.6 Å². The first-order valence-electron chi connectivity index (χ1n) is 5.48. The van der Waals surface area contributed by atoms with E-state index in [1.165, 1.54) is 6.42 Å². The summed E-state index contributed by atoms with van der Waals surface area (Å²) in [7, 11) is 0. The van der Waals surface area contributed by atoms with Crippen molar-refractivity contribution in [3.8, 4) is 0 Å². The Bertz CT molecular complexity index is 372. The Balaban J connectivity index is 2.16. The summed E-state index contributed by atoms with van der Waals surface area (Å²) in [6.45, 7) is 4.33. The van der Waals surface area contributed by atoms with Gasteiger partial charge in [-0.1, -0.05) is 6.92 Å². The van der Waals surface area contributed by atoms with Crippen LogP contribution >= 0.6 is 27.7 Å². The summed E-state index contributed by atoms with van der Waals surface area (Å²) in [5.41, 5.74) is 6.76. The van der Waals surface area contributed by atoms with Gasteiger partial charge in [-0.05, 0) is 28.4 Å². The molecule has 1 atom stereocenters. The van der Waals surface area contributed by atoms with E-state index in [9.17, 15) is 0 Å². The first-order chi connectivity index (χ1) is 7.70. The molecular formula is C11H16BrN3S. The summed E-state index contributed by atoms with van der Waals surface area (Å²) in [4.78, 5) is 6.71. The average molecular weight is 302 g/mol. The highest BCUT2D eigenvalue weighted by Gasteiger charge is 2.21. The molecule has 1 aromatic heterocycles. The molecule has 2 N–H and O–H groups in total. The number of pyridine rings is 1. The molecule has 0 saturated carbocycles. The number of nitrogens with zero attached hydrogens (tertiary/aromatic N) is 2. The molecule has 0 spiro atoms. The Kier molecular flexibility index (Phi) is 3.97. The van der Waals surface area contributed by atoms with E-state index >= 15 is 0 Å². The molecular weight excluding hydrogens is 286 g/mol. The van der Waals surface area contributed by atoms with Gasteiger partial charge in [0.05, 0.1) is 5.69 Å². The standard InChI is InChI=1S/C11H16BrN3S/c1-2-9-7-15(3-4-16-9)11-10(13)5-8(12)6-14-11/h5-6,9H,2-4,7,13H2,1H3. The molecule has 1 aliphatic heterocycles. The monoisotopic (exact) mass is 301 g/mol. The van der Waals surface area contributed by atoms with Crippen molar-refractivity contribution in [3.05, 3.63) is 16.7 Å². The molecule has 1 saturated heterocycles. The maximum Gasteiger partial charge on any atom is 0.151 e. The third-order valence-corrected chi connectivity index (χ3v) is 4.56. The molecule has 1 unspecified atom stereocenters. The van der Waals surface area contributed by atoms with Crippen molar-refractivity contribution < 1.29 is 0 Å². The molecule has 0 aliphatic carbocycles. The van der Waals surface area contributed by atoms with Crippen LogP contribution in [0.3, 0.4) is 0 Å². The van der Waals surface area contributed by atoms with E-state index in [-0.39, 0.29) is 0 Å². The molecule has 0 amide bonds. The molecule has 0 radical (unpaired) electrons. The van der Waals surface area contributed by atoms with Crippen LogP contribution in [0.5, 0.6) is 0 Å². The highest BCUT2D eigenvalue weighted by Crippen LogP contribution is 2.29. The molecule has 88 valence electrons. The predicted octanol–water partition coefficient (Wildman–Crippen LogP) is 2.76. The zero-order valence-corrected chi connectivity index (χ0v) is 11.7. The topological polar surface area (TPSA) is 42.2 Å². The van der Waals surface area contributed by atoms with Crippen LogP contribution in [0.4, 0.5) is 11.5 Å². The van der Waals surface area contributed by atoms with E-state index in [0.717, 1.165) is 34.8 Å². The molecule has 1 aliphatic rings. The molecule has 0 bridgehead atoms. The number of hydrogen-bond acceptors (Lipinski definition) is 4. The van der Waals surface area contributed by atoms with Crippen LogP contribution in [-0.2, 0) is 0 Å². The number of rotatable bonds is 2. The summed E-state index contributed by atoms with van der Waals surface area (Å²) >= 11 is 5.43. The summed E-state index contributed by atoms with van der Waals surface area (Å²) in [6, 6.07) is 1.92. The molecule has 3 nitrogen and oxygen atoms in total. The van der Waals surface area contributed by atoms with Crippen molar-refractivity contribution >= 4 is 39.2 Å². The summed E-state index contributed by atoms with van der Waals surface area (Å²) in [5, 5.41) is 0.707. The minimum atomic E-state index is 0.707. The number of thioether (sulfide) groups is 1. The van der Waals surface area contributed by atoms with Gasteiger partial charge in [0.25, 0.3) is 0 Å². The zero-order chi connectivity index (χ0) is 11.5. The van der Waals surface area contributed by atoms with Crippen LogP contribution in [0, 0.1) is 0 Å². The average Bonchev–Trinajstić information content (AvgIpc) is 2.29. The number of nitrogens with two attached hydrogens (primary N) is 1. The number of nitrogen functional groups attached to an aromatic ring is 1. The van der Waals surface area contributed by atoms with Crippen molar-refractivity contribution in [1.82, 2.24) is 4.98 Å². The molecule has 0 aromatic carbocycles. The van der Waals surface area contributed by atoms with Crippen LogP contribution in [0.25, 0.3) is 0 Å². The van der Waals surface area contributed by atoms with Gasteiger partial charge >= 0.3 is 0 Å². The fourth-order valence-corrected chi connectivity index (χ4v) is 3.40. The third kappa shape index (κ3) is 2.63. The van der Waals surface area contributed by atoms with Crippen LogP contribution in [-0.4, -0.2) is 29.1 Å². The van der Waals surface area contributed by atoms with Gasteiger partial charge in [-0.25, -0.2) is 4.98 Å². The van der Waals surface area contributed by atoms with E-state index in [0.29, 0.717) is 5.25 Å². The van der Waals surface area contributed by atoms with Gasteiger partial charge in [0.1, 0.15) is 0 Å². The lowest BCUT2D eigenvalue weighted by Gasteiger charge is -2.33. The smallest absolute Gasteiger partial charge is 0.151 e. The lowest BCUT2D eigenvalue weighted by atomic mass is 10.2. The van der Waals surface area contributed by atoms with Gasteiger partial charge in [-0.2, -0.15) is 11.8 Å². The zero-order valence-electron chi connectivity index (χ0n) is 9.32. The number of halogens is 1. The third-order valence-electron chi connectivity index (χ3n) is 2.76. The van der Waals surface area contributed by atoms with Crippen molar-refractivity contribution in [3.63, 3.8) is 0 Å². The van der Waals surface area contributed by atoms with E-state index in [1.807, 2.05) is 12.3 Å². The Labute approximate surface area is 109 Å². The molecule has 2 rings (SSSR count). The molecule has 16 heavy (non-hydrogen) atoms. The van der Waals surface area contributed by atoms with Gasteiger partial charge in [0, 0.05) is 34.8 Å². The van der Waals surface area contributed by atoms with Gasteiger partial charge in [-0.15, -0.1) is 0 Å². The van der Waals surface area contributed by atoms with Crippen LogP contribution in [0.2, 0.25) is 0 Å². The normalized spacial score (nSPS) is 21.1. The van der Waals surface area contributed by atoms with Gasteiger partial charge in [-0.3, -0.25) is 0 Å². The number of hydrogen-bond donors (Lipinski definition) is 1. The second-order valence-corrected chi connectivity index (χ2v) is 6.24. The Morgan fingerprint density at radius 1 is 1.69 bits per heavy atom. The molecule has 2 heterocycles. The first-order valence-corrected chi connectivity index (χ1v) is 7.32. The van der Waals surface area contributed by atoms with E-state index in [1.54, 1.807) is 0 Å². The number of aromatic nitrogens is 1. The fourth-order valence-electron chi connectivity index (χ4n) is 1.87. The number of anilines is 2. The first kappa shape index (κ1) is 12.0. The predicted molar refractivity (Wildman–Crippen MR) is 75.1 cm³/mol. The van der Waals surface area contributed by atoms with Crippen molar-refractivity contribution in [2.75, 3.05) is 29.5 Å². The van der Waals surface area contributed by atoms with Crippen LogP contribution in [0.15, 0.2) is 16.7 Å². The summed E-state index contributed by atoms with van der Waals surface area (Å²) < 4.78 is 0.937. The summed E-state index contributed by atoms with van der Waals surface area (Å²) in [6.07, 6.45) is 3.02. The Morgan fingerprint density at radius 3 is 3.19 bits per heavy atom. The van der Waals surface area contributed by atoms with E-state index < -0.39 is 0 Å².